The normalized spacial score (nSPS) is 15.4. The van der Waals surface area contributed by atoms with Crippen LogP contribution in [0.25, 0.3) is 21.8 Å². The number of aromatic nitrogens is 4. The second-order valence-corrected chi connectivity index (χ2v) is 7.73. The molecule has 0 fully saturated rings. The summed E-state index contributed by atoms with van der Waals surface area (Å²) in [5, 5.41) is 11.2. The molecule has 1 aliphatic carbocycles. The highest BCUT2D eigenvalue weighted by molar-refractivity contribution is 7.19. The number of rotatable bonds is 4. The third-order valence-corrected chi connectivity index (χ3v) is 5.64. The Balaban J connectivity index is 1.74. The lowest BCUT2D eigenvalue weighted by molar-refractivity contribution is -0.114. The van der Waals surface area contributed by atoms with Crippen molar-refractivity contribution in [2.24, 2.45) is 0 Å². The molecule has 0 aromatic carbocycles. The van der Waals surface area contributed by atoms with Crippen LogP contribution in [0, 0.1) is 0 Å². The lowest BCUT2D eigenvalue weighted by Crippen LogP contribution is -2.08. The SMILES string of the molecule is CCCc1ccc(-c2n[nH]c3c2C(C)Cc2nc(NC(C)=O)sc2-3)cn1. The fourth-order valence-corrected chi connectivity index (χ4v) is 4.52. The summed E-state index contributed by atoms with van der Waals surface area (Å²) in [5.41, 5.74) is 6.34. The van der Waals surface area contributed by atoms with E-state index in [-0.39, 0.29) is 5.91 Å². The average Bonchev–Trinajstić information content (AvgIpc) is 3.19. The zero-order valence-corrected chi connectivity index (χ0v) is 15.9. The van der Waals surface area contributed by atoms with Crippen LogP contribution in [-0.4, -0.2) is 26.1 Å². The number of amides is 1. The first-order valence-electron chi connectivity index (χ1n) is 8.88. The van der Waals surface area contributed by atoms with Crippen molar-refractivity contribution in [3.8, 4) is 21.8 Å². The van der Waals surface area contributed by atoms with Crippen molar-refractivity contribution in [2.75, 3.05) is 5.32 Å². The molecule has 0 saturated heterocycles. The third-order valence-electron chi connectivity index (χ3n) is 4.61. The van der Waals surface area contributed by atoms with Crippen LogP contribution in [0.15, 0.2) is 18.3 Å². The molecule has 0 bridgehead atoms. The number of pyridine rings is 1. The van der Waals surface area contributed by atoms with Gasteiger partial charge in [-0.3, -0.25) is 14.9 Å². The molecule has 2 N–H and O–H groups in total. The van der Waals surface area contributed by atoms with Crippen molar-refractivity contribution in [1.82, 2.24) is 20.2 Å². The molecule has 1 atom stereocenters. The van der Waals surface area contributed by atoms with Gasteiger partial charge in [0, 0.05) is 29.9 Å². The number of H-pyrrole nitrogens is 1. The molecule has 6 nitrogen and oxygen atoms in total. The van der Waals surface area contributed by atoms with E-state index in [4.69, 9.17) is 0 Å². The number of hydrogen-bond acceptors (Lipinski definition) is 5. The van der Waals surface area contributed by atoms with Gasteiger partial charge in [-0.2, -0.15) is 5.10 Å². The first-order valence-corrected chi connectivity index (χ1v) is 9.69. The predicted molar refractivity (Wildman–Crippen MR) is 103 cm³/mol. The van der Waals surface area contributed by atoms with Crippen molar-refractivity contribution >= 4 is 22.4 Å². The number of carbonyl (C=O) groups is 1. The minimum Gasteiger partial charge on any atom is -0.302 e. The van der Waals surface area contributed by atoms with Crippen LogP contribution < -0.4 is 5.32 Å². The van der Waals surface area contributed by atoms with Crippen molar-refractivity contribution in [3.63, 3.8) is 0 Å². The summed E-state index contributed by atoms with van der Waals surface area (Å²) in [6.45, 7) is 5.85. The molecule has 4 rings (SSSR count). The highest BCUT2D eigenvalue weighted by Gasteiger charge is 2.31. The molecule has 7 heteroatoms. The van der Waals surface area contributed by atoms with Gasteiger partial charge in [-0.15, -0.1) is 0 Å². The first kappa shape index (κ1) is 16.9. The molecule has 3 aromatic rings. The Bertz CT molecular complexity index is 957. The van der Waals surface area contributed by atoms with E-state index in [1.54, 1.807) is 0 Å². The molecule has 0 radical (unpaired) electrons. The quantitative estimate of drug-likeness (QED) is 0.725. The lowest BCUT2D eigenvalue weighted by Gasteiger charge is -2.18. The van der Waals surface area contributed by atoms with E-state index in [0.717, 1.165) is 52.5 Å². The van der Waals surface area contributed by atoms with Crippen LogP contribution in [-0.2, 0) is 17.6 Å². The van der Waals surface area contributed by atoms with E-state index in [1.165, 1.54) is 23.8 Å². The van der Waals surface area contributed by atoms with Crippen LogP contribution in [0.1, 0.15) is 50.1 Å². The summed E-state index contributed by atoms with van der Waals surface area (Å²) < 4.78 is 0. The number of nitrogens with one attached hydrogen (secondary N) is 2. The number of aryl methyl sites for hydroxylation is 1. The molecular formula is C19H21N5OS. The molecule has 3 heterocycles. The van der Waals surface area contributed by atoms with E-state index in [0.29, 0.717) is 11.0 Å². The summed E-state index contributed by atoms with van der Waals surface area (Å²) in [6, 6.07) is 4.19. The molecule has 1 unspecified atom stereocenters. The van der Waals surface area contributed by atoms with Gasteiger partial charge < -0.3 is 5.32 Å². The van der Waals surface area contributed by atoms with E-state index in [9.17, 15) is 4.79 Å². The average molecular weight is 367 g/mol. The molecule has 26 heavy (non-hydrogen) atoms. The zero-order valence-electron chi connectivity index (χ0n) is 15.1. The van der Waals surface area contributed by atoms with Gasteiger partial charge in [0.05, 0.1) is 22.0 Å². The number of aromatic amines is 1. The van der Waals surface area contributed by atoms with E-state index >= 15 is 0 Å². The Labute approximate surface area is 156 Å². The van der Waals surface area contributed by atoms with Crippen molar-refractivity contribution in [1.29, 1.82) is 0 Å². The Morgan fingerprint density at radius 3 is 2.96 bits per heavy atom. The van der Waals surface area contributed by atoms with Gasteiger partial charge in [0.25, 0.3) is 0 Å². The zero-order chi connectivity index (χ0) is 18.3. The van der Waals surface area contributed by atoms with Gasteiger partial charge in [-0.1, -0.05) is 31.6 Å². The number of thiazole rings is 1. The molecule has 0 aliphatic heterocycles. The van der Waals surface area contributed by atoms with Crippen LogP contribution in [0.2, 0.25) is 0 Å². The second kappa shape index (κ2) is 6.64. The summed E-state index contributed by atoms with van der Waals surface area (Å²) >= 11 is 1.50. The van der Waals surface area contributed by atoms with Crippen molar-refractivity contribution in [3.05, 3.63) is 35.3 Å². The second-order valence-electron chi connectivity index (χ2n) is 6.73. The number of anilines is 1. The highest BCUT2D eigenvalue weighted by Crippen LogP contribution is 2.46. The van der Waals surface area contributed by atoms with E-state index in [2.05, 4.69) is 51.5 Å². The topological polar surface area (TPSA) is 83.6 Å². The van der Waals surface area contributed by atoms with Gasteiger partial charge >= 0.3 is 0 Å². The monoisotopic (exact) mass is 367 g/mol. The molecule has 1 amide bonds. The fourth-order valence-electron chi connectivity index (χ4n) is 3.47. The van der Waals surface area contributed by atoms with E-state index in [1.807, 2.05) is 6.20 Å². The maximum absolute atomic E-state index is 11.3. The van der Waals surface area contributed by atoms with Gasteiger partial charge in [0.1, 0.15) is 0 Å². The molecular weight excluding hydrogens is 346 g/mol. The maximum atomic E-state index is 11.3. The number of nitrogens with zero attached hydrogens (tertiary/aromatic N) is 3. The maximum Gasteiger partial charge on any atom is 0.223 e. The van der Waals surface area contributed by atoms with Crippen LogP contribution in [0.3, 0.4) is 0 Å². The Kier molecular flexibility index (Phi) is 4.32. The van der Waals surface area contributed by atoms with Crippen LogP contribution in [0.4, 0.5) is 5.13 Å². The number of fused-ring (bicyclic) bond motifs is 3. The van der Waals surface area contributed by atoms with Gasteiger partial charge in [-0.05, 0) is 30.9 Å². The lowest BCUT2D eigenvalue weighted by atomic mass is 9.87. The highest BCUT2D eigenvalue weighted by atomic mass is 32.1. The van der Waals surface area contributed by atoms with Crippen molar-refractivity contribution < 1.29 is 4.79 Å². The van der Waals surface area contributed by atoms with Gasteiger partial charge in [0.2, 0.25) is 5.91 Å². The Morgan fingerprint density at radius 2 is 2.27 bits per heavy atom. The molecule has 134 valence electrons. The summed E-state index contributed by atoms with van der Waals surface area (Å²) in [4.78, 5) is 21.5. The summed E-state index contributed by atoms with van der Waals surface area (Å²) in [6.07, 6.45) is 4.84. The third kappa shape index (κ3) is 2.92. The molecule has 3 aromatic heterocycles. The molecule has 0 spiro atoms. The van der Waals surface area contributed by atoms with Gasteiger partial charge in [-0.25, -0.2) is 4.98 Å². The fraction of sp³-hybridized carbons (Fsp3) is 0.368. The molecule has 0 saturated carbocycles. The van der Waals surface area contributed by atoms with Crippen LogP contribution in [0.5, 0.6) is 0 Å². The Hall–Kier alpha value is -2.54. The minimum absolute atomic E-state index is 0.104. The van der Waals surface area contributed by atoms with Gasteiger partial charge in [0.15, 0.2) is 5.13 Å². The Morgan fingerprint density at radius 1 is 1.42 bits per heavy atom. The largest absolute Gasteiger partial charge is 0.302 e. The predicted octanol–water partition coefficient (Wildman–Crippen LogP) is 4.17. The smallest absolute Gasteiger partial charge is 0.223 e. The first-order chi connectivity index (χ1) is 12.6. The van der Waals surface area contributed by atoms with E-state index < -0.39 is 0 Å². The summed E-state index contributed by atoms with van der Waals surface area (Å²) in [7, 11) is 0. The molecule has 1 aliphatic rings. The standard InChI is InChI=1S/C19H21N5OS/c1-4-5-13-7-6-12(9-20-13)16-15-10(2)8-14-18(17(15)24-23-16)26-19(22-14)21-11(3)25/h6-7,9-10H,4-5,8H2,1-3H3,(H,23,24)(H,21,22,25). The minimum atomic E-state index is -0.104. The number of carbonyl (C=O) groups excluding carboxylic acids is 1. The van der Waals surface area contributed by atoms with Crippen molar-refractivity contribution in [2.45, 2.75) is 46.0 Å². The van der Waals surface area contributed by atoms with Crippen LogP contribution >= 0.6 is 11.3 Å². The summed E-state index contributed by atoms with van der Waals surface area (Å²) in [5.74, 6) is 0.196. The number of hydrogen-bond donors (Lipinski definition) is 2.